The third-order valence-corrected chi connectivity index (χ3v) is 6.60. The first-order valence-electron chi connectivity index (χ1n) is 7.31. The fourth-order valence-electron chi connectivity index (χ4n) is 2.51. The van der Waals surface area contributed by atoms with Gasteiger partial charge in [0, 0.05) is 0 Å². The first-order chi connectivity index (χ1) is 11.5. The van der Waals surface area contributed by atoms with Gasteiger partial charge in [-0.25, -0.2) is 17.8 Å². The Morgan fingerprint density at radius 3 is 2.58 bits per heavy atom. The van der Waals surface area contributed by atoms with Crippen LogP contribution in [0.3, 0.4) is 0 Å². The minimum Gasteiger partial charge on any atom is -0.464 e. The van der Waals surface area contributed by atoms with Crippen molar-refractivity contribution in [3.05, 3.63) is 54.3 Å². The van der Waals surface area contributed by atoms with E-state index in [1.54, 1.807) is 0 Å². The molecule has 0 aliphatic carbocycles. The Morgan fingerprint density at radius 1 is 1.12 bits per heavy atom. The van der Waals surface area contributed by atoms with E-state index in [9.17, 15) is 12.8 Å². The monoisotopic (exact) mass is 364 g/mol. The molecule has 0 bridgehead atoms. The number of aromatic nitrogens is 1. The zero-order valence-corrected chi connectivity index (χ0v) is 14.1. The van der Waals surface area contributed by atoms with Crippen LogP contribution in [-0.4, -0.2) is 36.9 Å². The van der Waals surface area contributed by atoms with Gasteiger partial charge in [0.15, 0.2) is 0 Å². The summed E-state index contributed by atoms with van der Waals surface area (Å²) in [6, 6.07) is 13.1. The van der Waals surface area contributed by atoms with E-state index >= 15 is 0 Å². The predicted octanol–water partition coefficient (Wildman–Crippen LogP) is 2.89. The molecule has 1 fully saturated rings. The molecule has 1 saturated heterocycles. The number of para-hydroxylation sites is 1. The van der Waals surface area contributed by atoms with Crippen molar-refractivity contribution in [3.8, 4) is 5.19 Å². The van der Waals surface area contributed by atoms with Crippen molar-refractivity contribution in [1.29, 1.82) is 0 Å². The van der Waals surface area contributed by atoms with E-state index in [0.29, 0.717) is 5.19 Å². The molecule has 8 heteroatoms. The van der Waals surface area contributed by atoms with Crippen LogP contribution in [0, 0.1) is 5.82 Å². The second-order valence-corrected chi connectivity index (χ2v) is 8.34. The number of ether oxygens (including phenoxy) is 1. The van der Waals surface area contributed by atoms with E-state index in [0.717, 1.165) is 16.3 Å². The van der Waals surface area contributed by atoms with Gasteiger partial charge in [0.05, 0.1) is 23.3 Å². The molecule has 2 aromatic carbocycles. The number of hydrogen-bond donors (Lipinski definition) is 0. The minimum absolute atomic E-state index is 0.187. The molecule has 5 nitrogen and oxygen atoms in total. The van der Waals surface area contributed by atoms with Crippen LogP contribution in [0.15, 0.2) is 53.4 Å². The molecule has 1 aliphatic rings. The first-order valence-corrected chi connectivity index (χ1v) is 9.56. The lowest BCUT2D eigenvalue weighted by Crippen LogP contribution is -2.56. The van der Waals surface area contributed by atoms with Gasteiger partial charge in [0.25, 0.3) is 5.19 Å². The zero-order valence-electron chi connectivity index (χ0n) is 12.4. The van der Waals surface area contributed by atoms with E-state index in [1.165, 1.54) is 33.8 Å². The van der Waals surface area contributed by atoms with Crippen molar-refractivity contribution in [2.75, 3.05) is 13.1 Å². The molecule has 0 atom stereocenters. The summed E-state index contributed by atoms with van der Waals surface area (Å²) in [6.45, 7) is 0.374. The summed E-state index contributed by atoms with van der Waals surface area (Å²) in [7, 11) is -3.82. The summed E-state index contributed by atoms with van der Waals surface area (Å²) in [4.78, 5) is 4.06. The maximum Gasteiger partial charge on any atom is 0.274 e. The normalized spacial score (nSPS) is 16.2. The molecule has 1 aliphatic heterocycles. The molecule has 0 unspecified atom stereocenters. The standard InChI is InChI=1S/C16H13FN2O3S2/c17-12-5-1-4-8-15(12)24(20,21)19-9-11(10-19)22-16-18-13-6-2-3-7-14(13)23-16/h1-8,11H,9-10H2. The van der Waals surface area contributed by atoms with Crippen molar-refractivity contribution in [3.63, 3.8) is 0 Å². The predicted molar refractivity (Wildman–Crippen MR) is 89.2 cm³/mol. The molecule has 0 saturated carbocycles. The zero-order chi connectivity index (χ0) is 16.7. The summed E-state index contributed by atoms with van der Waals surface area (Å²) in [6.07, 6.45) is -0.271. The number of sulfonamides is 1. The molecule has 0 amide bonds. The topological polar surface area (TPSA) is 59.5 Å². The third kappa shape index (κ3) is 2.66. The van der Waals surface area contributed by atoms with Crippen LogP contribution >= 0.6 is 11.3 Å². The molecule has 124 valence electrons. The highest BCUT2D eigenvalue weighted by Crippen LogP contribution is 2.31. The Bertz CT molecular complexity index is 964. The molecule has 2 heterocycles. The van der Waals surface area contributed by atoms with Gasteiger partial charge in [0.2, 0.25) is 10.0 Å². The number of halogens is 1. The van der Waals surface area contributed by atoms with E-state index in [4.69, 9.17) is 4.74 Å². The average molecular weight is 364 g/mol. The Kier molecular flexibility index (Phi) is 3.75. The van der Waals surface area contributed by atoms with E-state index in [2.05, 4.69) is 4.98 Å². The van der Waals surface area contributed by atoms with Gasteiger partial charge in [-0.1, -0.05) is 35.6 Å². The maximum absolute atomic E-state index is 13.7. The number of nitrogens with zero attached hydrogens (tertiary/aromatic N) is 2. The summed E-state index contributed by atoms with van der Waals surface area (Å²) < 4.78 is 46.5. The first kappa shape index (κ1) is 15.5. The molecule has 3 aromatic rings. The highest BCUT2D eigenvalue weighted by Gasteiger charge is 2.39. The van der Waals surface area contributed by atoms with Crippen LogP contribution in [0.1, 0.15) is 0 Å². The van der Waals surface area contributed by atoms with Crippen molar-refractivity contribution in [2.45, 2.75) is 11.0 Å². The molecule has 0 radical (unpaired) electrons. The van der Waals surface area contributed by atoms with Crippen molar-refractivity contribution < 1.29 is 17.5 Å². The molecular weight excluding hydrogens is 351 g/mol. The SMILES string of the molecule is O=S(=O)(c1ccccc1F)N1CC(Oc2nc3ccccc3s2)C1. The number of benzene rings is 2. The van der Waals surface area contributed by atoms with E-state index in [1.807, 2.05) is 24.3 Å². The summed E-state index contributed by atoms with van der Waals surface area (Å²) in [5.74, 6) is -0.743. The van der Waals surface area contributed by atoms with Gasteiger partial charge >= 0.3 is 0 Å². The van der Waals surface area contributed by atoms with E-state index in [-0.39, 0.29) is 24.1 Å². The molecular formula is C16H13FN2O3S2. The average Bonchev–Trinajstić information content (AvgIpc) is 2.93. The summed E-state index contributed by atoms with van der Waals surface area (Å²) in [5, 5.41) is 0.518. The number of rotatable bonds is 4. The summed E-state index contributed by atoms with van der Waals surface area (Å²) in [5.41, 5.74) is 0.854. The Morgan fingerprint density at radius 2 is 1.83 bits per heavy atom. The second kappa shape index (κ2) is 5.80. The van der Waals surface area contributed by atoms with Gasteiger partial charge in [-0.2, -0.15) is 4.31 Å². The van der Waals surface area contributed by atoms with Gasteiger partial charge in [0.1, 0.15) is 16.8 Å². The second-order valence-electron chi connectivity index (χ2n) is 5.44. The van der Waals surface area contributed by atoms with Crippen LogP contribution < -0.4 is 4.74 Å². The summed E-state index contributed by atoms with van der Waals surface area (Å²) >= 11 is 1.42. The Balaban J connectivity index is 1.45. The minimum atomic E-state index is -3.82. The van der Waals surface area contributed by atoms with Gasteiger partial charge in [-0.3, -0.25) is 0 Å². The Labute approximate surface area is 142 Å². The smallest absolute Gasteiger partial charge is 0.274 e. The molecule has 0 N–H and O–H groups in total. The molecule has 4 rings (SSSR count). The molecule has 24 heavy (non-hydrogen) atoms. The van der Waals surface area contributed by atoms with Crippen molar-refractivity contribution in [2.24, 2.45) is 0 Å². The molecule has 1 aromatic heterocycles. The third-order valence-electron chi connectivity index (χ3n) is 3.81. The van der Waals surface area contributed by atoms with Crippen LogP contribution in [-0.2, 0) is 10.0 Å². The fourth-order valence-corrected chi connectivity index (χ4v) is 4.96. The number of hydrogen-bond acceptors (Lipinski definition) is 5. The molecule has 0 spiro atoms. The lowest BCUT2D eigenvalue weighted by atomic mass is 10.2. The van der Waals surface area contributed by atoms with Gasteiger partial charge in [-0.15, -0.1) is 0 Å². The fraction of sp³-hybridized carbons (Fsp3) is 0.188. The van der Waals surface area contributed by atoms with Gasteiger partial charge in [-0.05, 0) is 24.3 Å². The lowest BCUT2D eigenvalue weighted by Gasteiger charge is -2.37. The van der Waals surface area contributed by atoms with E-state index < -0.39 is 15.8 Å². The highest BCUT2D eigenvalue weighted by atomic mass is 32.2. The van der Waals surface area contributed by atoms with Crippen LogP contribution in [0.5, 0.6) is 5.19 Å². The Hall–Kier alpha value is -2.03. The van der Waals surface area contributed by atoms with Crippen LogP contribution in [0.4, 0.5) is 4.39 Å². The van der Waals surface area contributed by atoms with Crippen molar-refractivity contribution in [1.82, 2.24) is 9.29 Å². The maximum atomic E-state index is 13.7. The van der Waals surface area contributed by atoms with Crippen LogP contribution in [0.25, 0.3) is 10.2 Å². The van der Waals surface area contributed by atoms with Gasteiger partial charge < -0.3 is 4.74 Å². The number of thiazole rings is 1. The number of fused-ring (bicyclic) bond motifs is 1. The highest BCUT2D eigenvalue weighted by molar-refractivity contribution is 7.89. The van der Waals surface area contributed by atoms with Crippen molar-refractivity contribution >= 4 is 31.6 Å². The largest absolute Gasteiger partial charge is 0.464 e. The lowest BCUT2D eigenvalue weighted by molar-refractivity contribution is 0.0760. The quantitative estimate of drug-likeness (QED) is 0.714. The van der Waals surface area contributed by atoms with Crippen LogP contribution in [0.2, 0.25) is 0 Å².